The standard InChI is InChI=1S/C12H15FN2/c1-9-8-10(5-6-11(9)13)12(15-2)4-3-7-14/h5-6,8,12,15H,3-4H2,1-2H3. The molecule has 80 valence electrons. The summed E-state index contributed by atoms with van der Waals surface area (Å²) < 4.78 is 13.0. The van der Waals surface area contributed by atoms with E-state index in [9.17, 15) is 4.39 Å². The molecule has 1 rings (SSSR count). The largest absolute Gasteiger partial charge is 0.313 e. The fourth-order valence-electron chi connectivity index (χ4n) is 1.57. The Bertz CT molecular complexity index is 368. The molecule has 0 aliphatic heterocycles. The monoisotopic (exact) mass is 206 g/mol. The van der Waals surface area contributed by atoms with Gasteiger partial charge in [-0.2, -0.15) is 5.26 Å². The second-order valence-electron chi connectivity index (χ2n) is 3.55. The Kier molecular flexibility index (Phi) is 4.26. The van der Waals surface area contributed by atoms with Crippen LogP contribution >= 0.6 is 0 Å². The van der Waals surface area contributed by atoms with E-state index in [1.165, 1.54) is 6.07 Å². The van der Waals surface area contributed by atoms with Crippen molar-refractivity contribution in [2.75, 3.05) is 7.05 Å². The highest BCUT2D eigenvalue weighted by atomic mass is 19.1. The minimum absolute atomic E-state index is 0.129. The lowest BCUT2D eigenvalue weighted by molar-refractivity contribution is 0.553. The summed E-state index contributed by atoms with van der Waals surface area (Å²) in [6, 6.07) is 7.31. The lowest BCUT2D eigenvalue weighted by Crippen LogP contribution is -2.16. The van der Waals surface area contributed by atoms with Crippen LogP contribution in [-0.4, -0.2) is 7.05 Å². The predicted octanol–water partition coefficient (Wildman–Crippen LogP) is 2.70. The minimum Gasteiger partial charge on any atom is -0.313 e. The minimum atomic E-state index is -0.186. The second-order valence-corrected chi connectivity index (χ2v) is 3.55. The van der Waals surface area contributed by atoms with E-state index in [2.05, 4.69) is 11.4 Å². The van der Waals surface area contributed by atoms with Crippen molar-refractivity contribution in [2.45, 2.75) is 25.8 Å². The zero-order chi connectivity index (χ0) is 11.3. The van der Waals surface area contributed by atoms with Crippen LogP contribution in [0.1, 0.15) is 30.0 Å². The zero-order valence-electron chi connectivity index (χ0n) is 9.05. The van der Waals surface area contributed by atoms with Crippen LogP contribution in [0.25, 0.3) is 0 Å². The molecule has 0 saturated carbocycles. The van der Waals surface area contributed by atoms with Gasteiger partial charge >= 0.3 is 0 Å². The molecule has 0 spiro atoms. The number of benzene rings is 1. The third-order valence-electron chi connectivity index (χ3n) is 2.48. The van der Waals surface area contributed by atoms with Gasteiger partial charge in [0.1, 0.15) is 5.82 Å². The van der Waals surface area contributed by atoms with Crippen molar-refractivity contribution in [3.63, 3.8) is 0 Å². The normalized spacial score (nSPS) is 12.1. The Labute approximate surface area is 89.7 Å². The lowest BCUT2D eigenvalue weighted by Gasteiger charge is -2.15. The van der Waals surface area contributed by atoms with Gasteiger partial charge in [-0.25, -0.2) is 4.39 Å². The van der Waals surface area contributed by atoms with E-state index in [0.29, 0.717) is 12.0 Å². The maximum absolute atomic E-state index is 13.0. The Morgan fingerprint density at radius 1 is 1.53 bits per heavy atom. The van der Waals surface area contributed by atoms with Crippen LogP contribution in [0.15, 0.2) is 18.2 Å². The molecule has 0 aliphatic rings. The van der Waals surface area contributed by atoms with Gasteiger partial charge in [0, 0.05) is 12.5 Å². The molecular weight excluding hydrogens is 191 g/mol. The van der Waals surface area contributed by atoms with Crippen LogP contribution in [0.5, 0.6) is 0 Å². The molecule has 0 heterocycles. The molecule has 1 N–H and O–H groups in total. The van der Waals surface area contributed by atoms with Crippen LogP contribution in [-0.2, 0) is 0 Å². The van der Waals surface area contributed by atoms with Gasteiger partial charge in [-0.3, -0.25) is 0 Å². The topological polar surface area (TPSA) is 35.8 Å². The molecule has 15 heavy (non-hydrogen) atoms. The quantitative estimate of drug-likeness (QED) is 0.822. The van der Waals surface area contributed by atoms with E-state index in [4.69, 9.17) is 5.26 Å². The Morgan fingerprint density at radius 2 is 2.27 bits per heavy atom. The fraction of sp³-hybridized carbons (Fsp3) is 0.417. The summed E-state index contributed by atoms with van der Waals surface area (Å²) in [6.45, 7) is 1.75. The molecule has 0 aromatic heterocycles. The van der Waals surface area contributed by atoms with Crippen LogP contribution in [0.4, 0.5) is 4.39 Å². The van der Waals surface area contributed by atoms with Gasteiger partial charge in [0.25, 0.3) is 0 Å². The van der Waals surface area contributed by atoms with Gasteiger partial charge < -0.3 is 5.32 Å². The van der Waals surface area contributed by atoms with Crippen LogP contribution < -0.4 is 5.32 Å². The number of nitriles is 1. The highest BCUT2D eigenvalue weighted by Crippen LogP contribution is 2.20. The number of rotatable bonds is 4. The molecule has 1 aromatic rings. The Morgan fingerprint density at radius 3 is 2.80 bits per heavy atom. The van der Waals surface area contributed by atoms with Gasteiger partial charge in [-0.05, 0) is 37.6 Å². The molecule has 0 saturated heterocycles. The maximum atomic E-state index is 13.0. The first-order chi connectivity index (χ1) is 7.19. The average molecular weight is 206 g/mol. The summed E-state index contributed by atoms with van der Waals surface area (Å²) >= 11 is 0. The first-order valence-corrected chi connectivity index (χ1v) is 4.99. The molecule has 0 bridgehead atoms. The van der Waals surface area contributed by atoms with Gasteiger partial charge in [0.2, 0.25) is 0 Å². The van der Waals surface area contributed by atoms with Crippen molar-refractivity contribution in [1.29, 1.82) is 5.26 Å². The smallest absolute Gasteiger partial charge is 0.126 e. The molecule has 1 atom stereocenters. The molecule has 0 radical (unpaired) electrons. The van der Waals surface area contributed by atoms with E-state index in [0.717, 1.165) is 12.0 Å². The van der Waals surface area contributed by atoms with E-state index in [-0.39, 0.29) is 11.9 Å². The summed E-state index contributed by atoms with van der Waals surface area (Å²) in [4.78, 5) is 0. The summed E-state index contributed by atoms with van der Waals surface area (Å²) in [5.41, 5.74) is 1.68. The van der Waals surface area contributed by atoms with Gasteiger partial charge in [0.05, 0.1) is 6.07 Å². The number of aryl methyl sites for hydroxylation is 1. The van der Waals surface area contributed by atoms with Crippen molar-refractivity contribution in [2.24, 2.45) is 0 Å². The van der Waals surface area contributed by atoms with Crippen molar-refractivity contribution in [3.05, 3.63) is 35.1 Å². The van der Waals surface area contributed by atoms with E-state index >= 15 is 0 Å². The van der Waals surface area contributed by atoms with Crippen molar-refractivity contribution < 1.29 is 4.39 Å². The molecule has 1 unspecified atom stereocenters. The van der Waals surface area contributed by atoms with Gasteiger partial charge in [-0.1, -0.05) is 12.1 Å². The van der Waals surface area contributed by atoms with Crippen molar-refractivity contribution in [3.8, 4) is 6.07 Å². The van der Waals surface area contributed by atoms with E-state index in [1.54, 1.807) is 13.0 Å². The third-order valence-corrected chi connectivity index (χ3v) is 2.48. The molecule has 1 aromatic carbocycles. The van der Waals surface area contributed by atoms with Crippen LogP contribution in [0, 0.1) is 24.1 Å². The fourth-order valence-corrected chi connectivity index (χ4v) is 1.57. The molecule has 0 amide bonds. The van der Waals surface area contributed by atoms with E-state index < -0.39 is 0 Å². The third kappa shape index (κ3) is 3.03. The molecule has 2 nitrogen and oxygen atoms in total. The van der Waals surface area contributed by atoms with Gasteiger partial charge in [-0.15, -0.1) is 0 Å². The van der Waals surface area contributed by atoms with Crippen molar-refractivity contribution in [1.82, 2.24) is 5.32 Å². The highest BCUT2D eigenvalue weighted by Gasteiger charge is 2.09. The number of halogens is 1. The average Bonchev–Trinajstić information content (AvgIpc) is 2.24. The SMILES string of the molecule is CNC(CCC#N)c1ccc(F)c(C)c1. The summed E-state index contributed by atoms with van der Waals surface area (Å²) in [6.07, 6.45) is 1.25. The highest BCUT2D eigenvalue weighted by molar-refractivity contribution is 5.26. The predicted molar refractivity (Wildman–Crippen MR) is 57.8 cm³/mol. The summed E-state index contributed by atoms with van der Waals surface area (Å²) in [7, 11) is 1.85. The first-order valence-electron chi connectivity index (χ1n) is 4.99. The van der Waals surface area contributed by atoms with Crippen LogP contribution in [0.3, 0.4) is 0 Å². The zero-order valence-corrected chi connectivity index (χ0v) is 9.05. The summed E-state index contributed by atoms with van der Waals surface area (Å²) in [5.74, 6) is -0.186. The Balaban J connectivity index is 2.83. The number of hydrogen-bond donors (Lipinski definition) is 1. The number of nitrogens with one attached hydrogen (secondary N) is 1. The van der Waals surface area contributed by atoms with Crippen molar-refractivity contribution >= 4 is 0 Å². The van der Waals surface area contributed by atoms with E-state index in [1.807, 2.05) is 13.1 Å². The Hall–Kier alpha value is -1.40. The molecule has 0 fully saturated rings. The van der Waals surface area contributed by atoms with Gasteiger partial charge in [0.15, 0.2) is 0 Å². The molecule has 3 heteroatoms. The van der Waals surface area contributed by atoms with Crippen LogP contribution in [0.2, 0.25) is 0 Å². The summed E-state index contributed by atoms with van der Waals surface area (Å²) in [5, 5.41) is 11.6. The number of hydrogen-bond acceptors (Lipinski definition) is 2. The molecule has 0 aliphatic carbocycles. The second kappa shape index (κ2) is 5.47. The number of nitrogens with zero attached hydrogens (tertiary/aromatic N) is 1. The lowest BCUT2D eigenvalue weighted by atomic mass is 10.0. The maximum Gasteiger partial charge on any atom is 0.126 e. The molecular formula is C12H15FN2. The first kappa shape index (κ1) is 11.7.